The van der Waals surface area contributed by atoms with Crippen LogP contribution in [-0.2, 0) is 9.53 Å². The van der Waals surface area contributed by atoms with E-state index in [1.807, 2.05) is 11.0 Å². The molecule has 33 heavy (non-hydrogen) atoms. The van der Waals surface area contributed by atoms with Gasteiger partial charge >= 0.3 is 0 Å². The summed E-state index contributed by atoms with van der Waals surface area (Å²) in [5.41, 5.74) is 11.8. The highest BCUT2D eigenvalue weighted by Gasteiger charge is 2.28. The molecule has 0 bridgehead atoms. The maximum Gasteiger partial charge on any atom is 0.227 e. The molecule has 1 saturated carbocycles. The first-order valence-electron chi connectivity index (χ1n) is 12.3. The number of fused-ring (bicyclic) bond motifs is 1. The van der Waals surface area contributed by atoms with Gasteiger partial charge in [-0.2, -0.15) is 0 Å². The lowest BCUT2D eigenvalue weighted by molar-refractivity contribution is -0.117. The Labute approximate surface area is 194 Å². The molecule has 3 fully saturated rings. The van der Waals surface area contributed by atoms with Crippen molar-refractivity contribution < 1.29 is 14.3 Å². The van der Waals surface area contributed by atoms with Crippen LogP contribution in [-0.4, -0.2) is 36.3 Å². The van der Waals surface area contributed by atoms with Gasteiger partial charge in [-0.05, 0) is 62.8 Å². The fourth-order valence-corrected chi connectivity index (χ4v) is 5.41. The average Bonchev–Trinajstić information content (AvgIpc) is 3.53. The second-order valence-electron chi connectivity index (χ2n) is 9.54. The third-order valence-corrected chi connectivity index (χ3v) is 7.44. The number of benzene rings is 2. The van der Waals surface area contributed by atoms with E-state index < -0.39 is 0 Å². The van der Waals surface area contributed by atoms with Gasteiger partial charge in [-0.25, -0.2) is 0 Å². The van der Waals surface area contributed by atoms with Crippen LogP contribution in [0.4, 0.5) is 11.4 Å². The van der Waals surface area contributed by atoms with E-state index >= 15 is 0 Å². The third-order valence-electron chi connectivity index (χ3n) is 7.44. The van der Waals surface area contributed by atoms with Crippen LogP contribution in [0.3, 0.4) is 0 Å². The molecule has 2 aromatic carbocycles. The van der Waals surface area contributed by atoms with Crippen molar-refractivity contribution >= 4 is 28.2 Å². The Morgan fingerprint density at radius 3 is 2.55 bits per heavy atom. The summed E-state index contributed by atoms with van der Waals surface area (Å²) in [6.45, 7) is 2.23. The van der Waals surface area contributed by atoms with Crippen LogP contribution in [0.15, 0.2) is 42.5 Å². The van der Waals surface area contributed by atoms with Crippen molar-refractivity contribution in [3.8, 4) is 17.0 Å². The second kappa shape index (κ2) is 8.41. The predicted molar refractivity (Wildman–Crippen MR) is 131 cm³/mol. The molecule has 1 aromatic heterocycles. The van der Waals surface area contributed by atoms with Crippen LogP contribution in [0.1, 0.15) is 51.0 Å². The van der Waals surface area contributed by atoms with Gasteiger partial charge in [-0.3, -0.25) is 4.79 Å². The van der Waals surface area contributed by atoms with Crippen molar-refractivity contribution in [1.29, 1.82) is 0 Å². The number of ether oxygens (including phenoxy) is 2. The van der Waals surface area contributed by atoms with Crippen LogP contribution in [0.25, 0.3) is 22.2 Å². The lowest BCUT2D eigenvalue weighted by Gasteiger charge is -2.30. The maximum absolute atomic E-state index is 12.1. The van der Waals surface area contributed by atoms with E-state index in [9.17, 15) is 4.79 Å². The molecule has 6 nitrogen and oxygen atoms in total. The van der Waals surface area contributed by atoms with Gasteiger partial charge < -0.3 is 24.7 Å². The normalized spacial score (nSPS) is 21.2. The molecule has 1 aliphatic carbocycles. The highest BCUT2D eigenvalue weighted by molar-refractivity contribution is 6.02. The van der Waals surface area contributed by atoms with Gasteiger partial charge in [-0.1, -0.05) is 12.1 Å². The zero-order chi connectivity index (χ0) is 22.4. The van der Waals surface area contributed by atoms with Crippen molar-refractivity contribution in [1.82, 2.24) is 4.57 Å². The van der Waals surface area contributed by atoms with Crippen LogP contribution in [0.5, 0.6) is 5.75 Å². The summed E-state index contributed by atoms with van der Waals surface area (Å²) < 4.78 is 14.2. The van der Waals surface area contributed by atoms with Crippen molar-refractivity contribution in [3.05, 3.63) is 42.5 Å². The largest absolute Gasteiger partial charge is 0.491 e. The number of carbonyl (C=O) groups is 1. The van der Waals surface area contributed by atoms with Gasteiger partial charge in [-0.15, -0.1) is 0 Å². The Balaban J connectivity index is 1.36. The number of amides is 1. The van der Waals surface area contributed by atoms with Crippen LogP contribution < -0.4 is 15.4 Å². The molecule has 1 amide bonds. The van der Waals surface area contributed by atoms with Crippen molar-refractivity contribution in [2.45, 2.75) is 57.1 Å². The van der Waals surface area contributed by atoms with Crippen molar-refractivity contribution in [2.24, 2.45) is 0 Å². The van der Waals surface area contributed by atoms with E-state index in [-0.39, 0.29) is 12.0 Å². The Hall–Kier alpha value is -2.99. The number of anilines is 2. The van der Waals surface area contributed by atoms with E-state index in [0.29, 0.717) is 19.1 Å². The van der Waals surface area contributed by atoms with E-state index in [1.165, 1.54) is 6.42 Å². The lowest BCUT2D eigenvalue weighted by Crippen LogP contribution is -2.23. The Kier molecular flexibility index (Phi) is 5.25. The number of nitrogen functional groups attached to an aromatic ring is 1. The third kappa shape index (κ3) is 3.66. The molecule has 3 aromatic rings. The molecule has 172 valence electrons. The molecular formula is C27H31N3O3. The lowest BCUT2D eigenvalue weighted by atomic mass is 9.92. The molecule has 6 rings (SSSR count). The molecule has 0 spiro atoms. The fraction of sp³-hybridized carbons (Fsp3) is 0.444. The van der Waals surface area contributed by atoms with Crippen LogP contribution in [0.2, 0.25) is 0 Å². The van der Waals surface area contributed by atoms with Gasteiger partial charge in [0.25, 0.3) is 0 Å². The molecule has 0 unspecified atom stereocenters. The van der Waals surface area contributed by atoms with E-state index in [2.05, 4.69) is 41.0 Å². The highest BCUT2D eigenvalue weighted by Crippen LogP contribution is 2.45. The quantitative estimate of drug-likeness (QED) is 0.559. The number of hydrogen-bond donors (Lipinski definition) is 1. The first-order chi connectivity index (χ1) is 16.2. The SMILES string of the molecule is Nc1c(-c2ccc(N3CCCC3=O)cc2)n(C2CCC2)c2cc(OC[C@H]3CCCO3)ccc12. The maximum atomic E-state index is 12.1. The Morgan fingerprint density at radius 1 is 1.03 bits per heavy atom. The van der Waals surface area contributed by atoms with E-state index in [0.717, 1.165) is 84.5 Å². The van der Waals surface area contributed by atoms with Crippen molar-refractivity contribution in [3.63, 3.8) is 0 Å². The monoisotopic (exact) mass is 445 g/mol. The zero-order valence-electron chi connectivity index (χ0n) is 19.0. The molecule has 6 heteroatoms. The molecule has 3 aliphatic rings. The van der Waals surface area contributed by atoms with E-state index in [4.69, 9.17) is 15.2 Å². The Bertz CT molecular complexity index is 1170. The summed E-state index contributed by atoms with van der Waals surface area (Å²) in [6, 6.07) is 15.0. The number of nitrogens with two attached hydrogens (primary N) is 1. The van der Waals surface area contributed by atoms with Crippen molar-refractivity contribution in [2.75, 3.05) is 30.4 Å². The first kappa shape index (κ1) is 20.6. The minimum atomic E-state index is 0.195. The highest BCUT2D eigenvalue weighted by atomic mass is 16.5. The molecular weight excluding hydrogens is 414 g/mol. The molecule has 2 aliphatic heterocycles. The standard InChI is InChI=1S/C27H31N3O3/c28-26-23-13-12-21(33-17-22-6-3-15-32-22)16-24(23)30(20-4-1-5-20)27(26)18-8-10-19(11-9-18)29-14-2-7-25(29)31/h8-13,16,20,22H,1-7,14-15,17,28H2/t22-/m1/s1. The van der Waals surface area contributed by atoms with Gasteiger partial charge in [0.15, 0.2) is 0 Å². The summed E-state index contributed by atoms with van der Waals surface area (Å²) in [5.74, 6) is 1.08. The topological polar surface area (TPSA) is 69.7 Å². The van der Waals surface area contributed by atoms with Gasteiger partial charge in [0.05, 0.1) is 23.0 Å². The number of carbonyl (C=O) groups excluding carboxylic acids is 1. The number of nitrogens with zero attached hydrogens (tertiary/aromatic N) is 2. The summed E-state index contributed by atoms with van der Waals surface area (Å²) in [6.07, 6.45) is 7.52. The van der Waals surface area contributed by atoms with Gasteiger partial charge in [0, 0.05) is 48.3 Å². The summed E-state index contributed by atoms with van der Waals surface area (Å²) in [7, 11) is 0. The Morgan fingerprint density at radius 2 is 1.88 bits per heavy atom. The average molecular weight is 446 g/mol. The summed E-state index contributed by atoms with van der Waals surface area (Å²) in [4.78, 5) is 14.0. The number of hydrogen-bond acceptors (Lipinski definition) is 4. The number of rotatable bonds is 6. The number of aromatic nitrogens is 1. The van der Waals surface area contributed by atoms with Gasteiger partial charge in [0.2, 0.25) is 5.91 Å². The summed E-state index contributed by atoms with van der Waals surface area (Å²) >= 11 is 0. The minimum Gasteiger partial charge on any atom is -0.491 e. The predicted octanol–water partition coefficient (Wildman–Crippen LogP) is 5.30. The summed E-state index contributed by atoms with van der Waals surface area (Å²) in [5, 5.41) is 1.07. The minimum absolute atomic E-state index is 0.195. The van der Waals surface area contributed by atoms with Crippen LogP contribution in [0, 0.1) is 0 Å². The first-order valence-corrected chi connectivity index (χ1v) is 12.3. The van der Waals surface area contributed by atoms with E-state index in [1.54, 1.807) is 0 Å². The molecule has 2 N–H and O–H groups in total. The molecule has 1 atom stereocenters. The fourth-order valence-electron chi connectivity index (χ4n) is 5.41. The molecule has 3 heterocycles. The zero-order valence-corrected chi connectivity index (χ0v) is 19.0. The smallest absolute Gasteiger partial charge is 0.227 e. The van der Waals surface area contributed by atoms with Gasteiger partial charge in [0.1, 0.15) is 12.4 Å². The molecule has 0 radical (unpaired) electrons. The molecule has 2 saturated heterocycles. The second-order valence-corrected chi connectivity index (χ2v) is 9.54. The van der Waals surface area contributed by atoms with Crippen LogP contribution >= 0.6 is 0 Å².